The number of urea groups is 1. The summed E-state index contributed by atoms with van der Waals surface area (Å²) in [5, 5.41) is 5.47. The van der Waals surface area contributed by atoms with Gasteiger partial charge in [-0.2, -0.15) is 0 Å². The van der Waals surface area contributed by atoms with Crippen LogP contribution < -0.4 is 10.6 Å². The number of rotatable bonds is 6. The number of carbonyl (C=O) groups excluding carboxylic acids is 3. The number of hydrogen-bond acceptors (Lipinski definition) is 6. The molecule has 2 amide bonds. The fraction of sp³-hybridized carbons (Fsp3) is 0.375. The van der Waals surface area contributed by atoms with Gasteiger partial charge in [-0.05, 0) is 25.5 Å². The summed E-state index contributed by atoms with van der Waals surface area (Å²) in [6.45, 7) is 3.38. The molecule has 1 aliphatic rings. The van der Waals surface area contributed by atoms with Gasteiger partial charge >= 0.3 is 18.0 Å². The molecule has 2 rings (SSSR count). The second-order valence-electron chi connectivity index (χ2n) is 5.11. The van der Waals surface area contributed by atoms with Crippen LogP contribution in [0, 0.1) is 0 Å². The van der Waals surface area contributed by atoms with E-state index >= 15 is 0 Å². The SMILES string of the molecule is CCOC(=O)C1=C(COC(=O)c2cc(Cl)ccn2)NC(=O)N[C@H]1CC. The van der Waals surface area contributed by atoms with Crippen molar-refractivity contribution in [2.45, 2.75) is 26.3 Å². The summed E-state index contributed by atoms with van der Waals surface area (Å²) >= 11 is 5.81. The van der Waals surface area contributed by atoms with Crippen molar-refractivity contribution in [1.82, 2.24) is 15.6 Å². The lowest BCUT2D eigenvalue weighted by Gasteiger charge is -2.28. The zero-order valence-corrected chi connectivity index (χ0v) is 14.6. The molecule has 8 nitrogen and oxygen atoms in total. The highest BCUT2D eigenvalue weighted by molar-refractivity contribution is 6.30. The zero-order chi connectivity index (χ0) is 18.4. The number of aromatic nitrogens is 1. The van der Waals surface area contributed by atoms with Gasteiger partial charge in [0.1, 0.15) is 12.3 Å². The predicted molar refractivity (Wildman–Crippen MR) is 88.9 cm³/mol. The number of amides is 2. The van der Waals surface area contributed by atoms with Crippen LogP contribution in [0.5, 0.6) is 0 Å². The van der Waals surface area contributed by atoms with Gasteiger partial charge in [0.2, 0.25) is 0 Å². The van der Waals surface area contributed by atoms with Gasteiger partial charge in [-0.25, -0.2) is 19.4 Å². The molecule has 25 heavy (non-hydrogen) atoms. The second-order valence-corrected chi connectivity index (χ2v) is 5.54. The molecule has 0 fully saturated rings. The van der Waals surface area contributed by atoms with Crippen LogP contribution in [0.2, 0.25) is 5.02 Å². The predicted octanol–water partition coefficient (Wildman–Crippen LogP) is 1.80. The van der Waals surface area contributed by atoms with E-state index in [4.69, 9.17) is 21.1 Å². The first-order valence-electron chi connectivity index (χ1n) is 7.72. The number of nitrogens with zero attached hydrogens (tertiary/aromatic N) is 1. The molecular weight excluding hydrogens is 350 g/mol. The molecule has 0 aromatic carbocycles. The molecule has 0 unspecified atom stereocenters. The molecule has 2 N–H and O–H groups in total. The molecule has 0 saturated carbocycles. The fourth-order valence-corrected chi connectivity index (χ4v) is 2.46. The van der Waals surface area contributed by atoms with Crippen LogP contribution in [0.4, 0.5) is 4.79 Å². The maximum Gasteiger partial charge on any atom is 0.357 e. The summed E-state index contributed by atoms with van der Waals surface area (Å²) in [6, 6.07) is 1.89. The summed E-state index contributed by atoms with van der Waals surface area (Å²) in [7, 11) is 0. The minimum atomic E-state index is -0.723. The standard InChI is InChI=1S/C16H18ClN3O5/c1-3-10-13(15(22)24-4-2)12(20-16(23)19-10)8-25-14(21)11-7-9(17)5-6-18-11/h5-7,10H,3-4,8H2,1-2H3,(H2,19,20,23)/t10-/m0/s1. The monoisotopic (exact) mass is 367 g/mol. The van der Waals surface area contributed by atoms with Gasteiger partial charge in [-0.3, -0.25) is 0 Å². The molecule has 1 atom stereocenters. The summed E-state index contributed by atoms with van der Waals surface area (Å²) in [5.74, 6) is -1.30. The number of halogens is 1. The van der Waals surface area contributed by atoms with E-state index in [2.05, 4.69) is 15.6 Å². The maximum absolute atomic E-state index is 12.2. The van der Waals surface area contributed by atoms with E-state index in [9.17, 15) is 14.4 Å². The number of nitrogens with one attached hydrogen (secondary N) is 2. The first-order valence-corrected chi connectivity index (χ1v) is 8.10. The summed E-state index contributed by atoms with van der Waals surface area (Å²) in [5.41, 5.74) is 0.443. The van der Waals surface area contributed by atoms with Gasteiger partial charge in [0.05, 0.1) is 23.9 Å². The van der Waals surface area contributed by atoms with Crippen molar-refractivity contribution in [3.05, 3.63) is 40.3 Å². The summed E-state index contributed by atoms with van der Waals surface area (Å²) < 4.78 is 10.2. The Labute approximate surface area is 149 Å². The van der Waals surface area contributed by atoms with Gasteiger partial charge in [-0.15, -0.1) is 0 Å². The third kappa shape index (κ3) is 4.69. The molecule has 1 aromatic heterocycles. The Morgan fingerprint density at radius 1 is 1.28 bits per heavy atom. The average Bonchev–Trinajstić information content (AvgIpc) is 2.59. The van der Waals surface area contributed by atoms with E-state index in [1.165, 1.54) is 18.3 Å². The fourth-order valence-electron chi connectivity index (χ4n) is 2.30. The molecule has 0 saturated heterocycles. The highest BCUT2D eigenvalue weighted by Crippen LogP contribution is 2.18. The number of pyridine rings is 1. The quantitative estimate of drug-likeness (QED) is 0.742. The molecule has 2 heterocycles. The first-order chi connectivity index (χ1) is 12.0. The van der Waals surface area contributed by atoms with Crippen molar-refractivity contribution in [1.29, 1.82) is 0 Å². The van der Waals surface area contributed by atoms with Gasteiger partial charge < -0.3 is 20.1 Å². The number of ether oxygens (including phenoxy) is 2. The molecule has 9 heteroatoms. The second kappa shape index (κ2) is 8.48. The van der Waals surface area contributed by atoms with Crippen LogP contribution >= 0.6 is 11.6 Å². The van der Waals surface area contributed by atoms with Gasteiger partial charge in [0.15, 0.2) is 0 Å². The van der Waals surface area contributed by atoms with E-state index in [1.54, 1.807) is 6.92 Å². The van der Waals surface area contributed by atoms with Crippen molar-refractivity contribution in [2.75, 3.05) is 13.2 Å². The van der Waals surface area contributed by atoms with Crippen molar-refractivity contribution in [2.24, 2.45) is 0 Å². The minimum absolute atomic E-state index is 0.0260. The summed E-state index contributed by atoms with van der Waals surface area (Å²) in [6.07, 6.45) is 1.86. The third-order valence-electron chi connectivity index (χ3n) is 3.43. The Kier molecular flexibility index (Phi) is 6.35. The van der Waals surface area contributed by atoms with Gasteiger partial charge in [-0.1, -0.05) is 18.5 Å². The van der Waals surface area contributed by atoms with Gasteiger partial charge in [0.25, 0.3) is 0 Å². The van der Waals surface area contributed by atoms with Crippen molar-refractivity contribution < 1.29 is 23.9 Å². The Morgan fingerprint density at radius 3 is 2.68 bits per heavy atom. The lowest BCUT2D eigenvalue weighted by Crippen LogP contribution is -2.51. The Hall–Kier alpha value is -2.61. The van der Waals surface area contributed by atoms with Gasteiger partial charge in [0, 0.05) is 11.2 Å². The third-order valence-corrected chi connectivity index (χ3v) is 3.66. The molecule has 0 aliphatic carbocycles. The summed E-state index contributed by atoms with van der Waals surface area (Å²) in [4.78, 5) is 39.9. The first kappa shape index (κ1) is 18.7. The highest BCUT2D eigenvalue weighted by atomic mass is 35.5. The number of hydrogen-bond donors (Lipinski definition) is 2. The van der Waals surface area contributed by atoms with Crippen molar-refractivity contribution in [3.63, 3.8) is 0 Å². The van der Waals surface area contributed by atoms with Crippen LogP contribution in [0.15, 0.2) is 29.6 Å². The number of carbonyl (C=O) groups is 3. The zero-order valence-electron chi connectivity index (χ0n) is 13.8. The molecule has 1 aromatic rings. The highest BCUT2D eigenvalue weighted by Gasteiger charge is 2.32. The Morgan fingerprint density at radius 2 is 2.04 bits per heavy atom. The molecule has 0 spiro atoms. The lowest BCUT2D eigenvalue weighted by atomic mass is 10.0. The molecule has 1 aliphatic heterocycles. The van der Waals surface area contributed by atoms with E-state index in [0.29, 0.717) is 11.4 Å². The number of esters is 2. The molecule has 0 bridgehead atoms. The molecular formula is C16H18ClN3O5. The van der Waals surface area contributed by atoms with E-state index < -0.39 is 24.0 Å². The van der Waals surface area contributed by atoms with Crippen LogP contribution in [0.1, 0.15) is 30.8 Å². The van der Waals surface area contributed by atoms with Crippen molar-refractivity contribution >= 4 is 29.6 Å². The van der Waals surface area contributed by atoms with E-state index in [0.717, 1.165) is 0 Å². The topological polar surface area (TPSA) is 107 Å². The largest absolute Gasteiger partial charge is 0.463 e. The van der Waals surface area contributed by atoms with Crippen LogP contribution in [-0.2, 0) is 14.3 Å². The normalized spacial score (nSPS) is 16.8. The van der Waals surface area contributed by atoms with Crippen LogP contribution in [0.25, 0.3) is 0 Å². The van der Waals surface area contributed by atoms with E-state index in [1.807, 2.05) is 6.92 Å². The Balaban J connectivity index is 2.21. The molecule has 134 valence electrons. The van der Waals surface area contributed by atoms with E-state index in [-0.39, 0.29) is 30.2 Å². The minimum Gasteiger partial charge on any atom is -0.463 e. The lowest BCUT2D eigenvalue weighted by molar-refractivity contribution is -0.139. The maximum atomic E-state index is 12.2. The van der Waals surface area contributed by atoms with Crippen molar-refractivity contribution in [3.8, 4) is 0 Å². The molecule has 0 radical (unpaired) electrons. The smallest absolute Gasteiger partial charge is 0.357 e. The average molecular weight is 368 g/mol. The van der Waals surface area contributed by atoms with Crippen LogP contribution in [0.3, 0.4) is 0 Å². The Bertz CT molecular complexity index is 719. The van der Waals surface area contributed by atoms with Crippen LogP contribution in [-0.4, -0.2) is 42.2 Å².